The van der Waals surface area contributed by atoms with E-state index in [1.54, 1.807) is 11.2 Å². The lowest BCUT2D eigenvalue weighted by molar-refractivity contribution is -0.150. The highest BCUT2D eigenvalue weighted by molar-refractivity contribution is 5.80. The fourth-order valence-corrected chi connectivity index (χ4v) is 2.32. The summed E-state index contributed by atoms with van der Waals surface area (Å²) >= 11 is 0. The largest absolute Gasteiger partial charge is 0.369 e. The van der Waals surface area contributed by atoms with E-state index in [2.05, 4.69) is 17.1 Å². The van der Waals surface area contributed by atoms with Gasteiger partial charge in [0, 0.05) is 20.2 Å². The molecular weight excluding hydrogens is 272 g/mol. The summed E-state index contributed by atoms with van der Waals surface area (Å²) in [6.45, 7) is 6.13. The maximum absolute atomic E-state index is 12.4. The number of hydrogen-bond acceptors (Lipinski definition) is 5. The molecule has 1 aromatic heterocycles. The minimum atomic E-state index is -0.408. The fraction of sp³-hybridized carbons (Fsp3) is 0.786. The van der Waals surface area contributed by atoms with E-state index in [0.717, 1.165) is 18.7 Å². The smallest absolute Gasteiger partial charge is 0.251 e. The normalized spacial score (nSPS) is 20.5. The lowest BCUT2D eigenvalue weighted by Gasteiger charge is -2.33. The van der Waals surface area contributed by atoms with E-state index >= 15 is 0 Å². The van der Waals surface area contributed by atoms with Crippen molar-refractivity contribution in [2.24, 2.45) is 7.05 Å². The van der Waals surface area contributed by atoms with Crippen LogP contribution in [0, 0.1) is 0 Å². The molecule has 7 nitrogen and oxygen atoms in total. The van der Waals surface area contributed by atoms with E-state index in [1.165, 1.54) is 0 Å². The van der Waals surface area contributed by atoms with Gasteiger partial charge < -0.3 is 18.9 Å². The van der Waals surface area contributed by atoms with E-state index in [4.69, 9.17) is 9.47 Å². The van der Waals surface area contributed by atoms with Crippen LogP contribution in [-0.4, -0.2) is 58.0 Å². The SMILES string of the molecule is CCCCO[C@@H](C)C(=O)N1CCO[C@@H](c2nncn2C)C1. The Labute approximate surface area is 125 Å². The van der Waals surface area contributed by atoms with Crippen molar-refractivity contribution in [2.75, 3.05) is 26.3 Å². The first-order valence-electron chi connectivity index (χ1n) is 7.49. The van der Waals surface area contributed by atoms with E-state index in [1.807, 2.05) is 18.5 Å². The van der Waals surface area contributed by atoms with Crippen LogP contribution in [0.4, 0.5) is 0 Å². The van der Waals surface area contributed by atoms with Crippen LogP contribution in [-0.2, 0) is 21.3 Å². The van der Waals surface area contributed by atoms with Crippen LogP contribution in [0.15, 0.2) is 6.33 Å². The van der Waals surface area contributed by atoms with Crippen LogP contribution in [0.3, 0.4) is 0 Å². The van der Waals surface area contributed by atoms with Gasteiger partial charge in [-0.15, -0.1) is 10.2 Å². The van der Waals surface area contributed by atoms with Gasteiger partial charge in [-0.25, -0.2) is 0 Å². The Hall–Kier alpha value is -1.47. The summed E-state index contributed by atoms with van der Waals surface area (Å²) in [5, 5.41) is 7.91. The molecule has 0 unspecified atom stereocenters. The maximum atomic E-state index is 12.4. The standard InChI is InChI=1S/C14H24N4O3/c1-4-5-7-20-11(2)14(19)18-6-8-21-12(9-18)13-16-15-10-17(13)3/h10-12H,4-9H2,1-3H3/t11-,12+/m0/s1. The monoisotopic (exact) mass is 296 g/mol. The van der Waals surface area contributed by atoms with Gasteiger partial charge in [-0.3, -0.25) is 4.79 Å². The lowest BCUT2D eigenvalue weighted by Crippen LogP contribution is -2.47. The van der Waals surface area contributed by atoms with Crippen molar-refractivity contribution in [3.63, 3.8) is 0 Å². The third-order valence-corrected chi connectivity index (χ3v) is 3.63. The summed E-state index contributed by atoms with van der Waals surface area (Å²) in [6, 6.07) is 0. The van der Waals surface area contributed by atoms with Crippen LogP contribution >= 0.6 is 0 Å². The molecule has 2 rings (SSSR count). The highest BCUT2D eigenvalue weighted by Crippen LogP contribution is 2.20. The number of ether oxygens (including phenoxy) is 2. The Balaban J connectivity index is 1.91. The summed E-state index contributed by atoms with van der Waals surface area (Å²) in [5.41, 5.74) is 0. The minimum Gasteiger partial charge on any atom is -0.369 e. The van der Waals surface area contributed by atoms with Gasteiger partial charge in [0.2, 0.25) is 0 Å². The first-order valence-corrected chi connectivity index (χ1v) is 7.49. The van der Waals surface area contributed by atoms with Gasteiger partial charge in [0.15, 0.2) is 5.82 Å². The van der Waals surface area contributed by atoms with Crippen molar-refractivity contribution in [3.8, 4) is 0 Å². The third-order valence-electron chi connectivity index (χ3n) is 3.63. The zero-order valence-electron chi connectivity index (χ0n) is 13.0. The van der Waals surface area contributed by atoms with Crippen molar-refractivity contribution < 1.29 is 14.3 Å². The number of morpholine rings is 1. The molecule has 0 aliphatic carbocycles. The highest BCUT2D eigenvalue weighted by Gasteiger charge is 2.30. The average molecular weight is 296 g/mol. The summed E-state index contributed by atoms with van der Waals surface area (Å²) in [5.74, 6) is 0.758. The molecule has 1 amide bonds. The molecule has 1 aliphatic heterocycles. The van der Waals surface area contributed by atoms with Crippen LogP contribution in [0.5, 0.6) is 0 Å². The lowest BCUT2D eigenvalue weighted by atomic mass is 10.2. The van der Waals surface area contributed by atoms with Gasteiger partial charge in [-0.1, -0.05) is 13.3 Å². The molecule has 0 radical (unpaired) electrons. The van der Waals surface area contributed by atoms with Crippen molar-refractivity contribution in [3.05, 3.63) is 12.2 Å². The molecular formula is C14H24N4O3. The molecule has 0 spiro atoms. The summed E-state index contributed by atoms with van der Waals surface area (Å²) < 4.78 is 13.1. The Morgan fingerprint density at radius 2 is 2.43 bits per heavy atom. The molecule has 1 aromatic rings. The Morgan fingerprint density at radius 1 is 1.62 bits per heavy atom. The van der Waals surface area contributed by atoms with Crippen LogP contribution in [0.1, 0.15) is 38.6 Å². The maximum Gasteiger partial charge on any atom is 0.251 e. The van der Waals surface area contributed by atoms with Crippen LogP contribution in [0.25, 0.3) is 0 Å². The quantitative estimate of drug-likeness (QED) is 0.730. The van der Waals surface area contributed by atoms with E-state index in [-0.39, 0.29) is 12.0 Å². The number of aryl methyl sites for hydroxylation is 1. The highest BCUT2D eigenvalue weighted by atomic mass is 16.5. The predicted molar refractivity (Wildman–Crippen MR) is 76.6 cm³/mol. The number of unbranched alkanes of at least 4 members (excludes halogenated alkanes) is 1. The second kappa shape index (κ2) is 7.51. The van der Waals surface area contributed by atoms with Crippen molar-refractivity contribution in [1.29, 1.82) is 0 Å². The molecule has 21 heavy (non-hydrogen) atoms. The van der Waals surface area contributed by atoms with Gasteiger partial charge in [0.1, 0.15) is 18.5 Å². The first kappa shape index (κ1) is 15.9. The zero-order chi connectivity index (χ0) is 15.2. The number of hydrogen-bond donors (Lipinski definition) is 0. The number of amides is 1. The summed E-state index contributed by atoms with van der Waals surface area (Å²) in [7, 11) is 1.87. The molecule has 118 valence electrons. The molecule has 0 aromatic carbocycles. The molecule has 1 aliphatic rings. The fourth-order valence-electron chi connectivity index (χ4n) is 2.32. The molecule has 2 atom stereocenters. The molecule has 0 bridgehead atoms. The summed E-state index contributed by atoms with van der Waals surface area (Å²) in [4.78, 5) is 14.2. The number of aromatic nitrogens is 3. The minimum absolute atomic E-state index is 0.0153. The first-order chi connectivity index (χ1) is 10.1. The van der Waals surface area contributed by atoms with E-state index in [9.17, 15) is 4.79 Å². The number of carbonyl (C=O) groups is 1. The zero-order valence-corrected chi connectivity index (χ0v) is 13.0. The van der Waals surface area contributed by atoms with Gasteiger partial charge in [-0.05, 0) is 13.3 Å². The predicted octanol–water partition coefficient (Wildman–Crippen LogP) is 0.920. The topological polar surface area (TPSA) is 69.5 Å². The van der Waals surface area contributed by atoms with Crippen molar-refractivity contribution in [1.82, 2.24) is 19.7 Å². The van der Waals surface area contributed by atoms with Gasteiger partial charge >= 0.3 is 0 Å². The van der Waals surface area contributed by atoms with Crippen LogP contribution < -0.4 is 0 Å². The van der Waals surface area contributed by atoms with Crippen LogP contribution in [0.2, 0.25) is 0 Å². The number of nitrogens with zero attached hydrogens (tertiary/aromatic N) is 4. The van der Waals surface area contributed by atoms with Gasteiger partial charge in [-0.2, -0.15) is 0 Å². The Kier molecular flexibility index (Phi) is 5.69. The Bertz CT molecular complexity index is 463. The van der Waals surface area contributed by atoms with Gasteiger partial charge in [0.25, 0.3) is 5.91 Å². The number of carbonyl (C=O) groups excluding carboxylic acids is 1. The molecule has 0 N–H and O–H groups in total. The average Bonchev–Trinajstić information content (AvgIpc) is 2.93. The molecule has 1 saturated heterocycles. The molecule has 0 saturated carbocycles. The molecule has 1 fully saturated rings. The van der Waals surface area contributed by atoms with E-state index in [0.29, 0.717) is 26.3 Å². The van der Waals surface area contributed by atoms with E-state index < -0.39 is 6.10 Å². The third kappa shape index (κ3) is 4.01. The Morgan fingerprint density at radius 3 is 3.10 bits per heavy atom. The number of rotatable bonds is 6. The van der Waals surface area contributed by atoms with Crippen molar-refractivity contribution >= 4 is 5.91 Å². The summed E-state index contributed by atoms with van der Waals surface area (Å²) in [6.07, 6.45) is 3.04. The molecule has 7 heteroatoms. The van der Waals surface area contributed by atoms with Gasteiger partial charge in [0.05, 0.1) is 13.2 Å². The van der Waals surface area contributed by atoms with Crippen molar-refractivity contribution in [2.45, 2.75) is 38.9 Å². The molecule has 2 heterocycles. The second-order valence-electron chi connectivity index (χ2n) is 5.31. The second-order valence-corrected chi connectivity index (χ2v) is 5.31.